The summed E-state index contributed by atoms with van der Waals surface area (Å²) in [6.45, 7) is 6.32. The predicted octanol–water partition coefficient (Wildman–Crippen LogP) is 2.24. The highest BCUT2D eigenvalue weighted by Gasteiger charge is 2.20. The number of aromatic nitrogens is 1. The number of thiazole rings is 1. The first-order valence-corrected chi connectivity index (χ1v) is 6.90. The van der Waals surface area contributed by atoms with Crippen LogP contribution in [-0.2, 0) is 13.1 Å². The van der Waals surface area contributed by atoms with Gasteiger partial charge in [0.15, 0.2) is 0 Å². The van der Waals surface area contributed by atoms with Crippen molar-refractivity contribution in [2.24, 2.45) is 0 Å². The summed E-state index contributed by atoms with van der Waals surface area (Å²) in [7, 11) is 2.14. The summed E-state index contributed by atoms with van der Waals surface area (Å²) in [6, 6.07) is 1.35. The zero-order valence-electron chi connectivity index (χ0n) is 10.4. The normalized spacial score (nSPS) is 16.3. The quantitative estimate of drug-likeness (QED) is 0.825. The Kier molecular flexibility index (Phi) is 3.95. The summed E-state index contributed by atoms with van der Waals surface area (Å²) in [4.78, 5) is 6.96. The Morgan fingerprint density at radius 1 is 1.56 bits per heavy atom. The molecule has 0 atom stereocenters. The number of nitrogens with zero attached hydrogens (tertiary/aromatic N) is 2. The molecule has 0 spiro atoms. The molecule has 0 saturated heterocycles. The Labute approximate surface area is 102 Å². The van der Waals surface area contributed by atoms with Gasteiger partial charge in [-0.2, -0.15) is 0 Å². The van der Waals surface area contributed by atoms with E-state index in [4.69, 9.17) is 0 Å². The molecule has 16 heavy (non-hydrogen) atoms. The van der Waals surface area contributed by atoms with Gasteiger partial charge in [-0.05, 0) is 33.7 Å². The monoisotopic (exact) mass is 239 g/mol. The van der Waals surface area contributed by atoms with Crippen LogP contribution in [0.15, 0.2) is 5.38 Å². The Morgan fingerprint density at radius 3 is 2.94 bits per heavy atom. The van der Waals surface area contributed by atoms with Gasteiger partial charge in [0.1, 0.15) is 5.01 Å². The van der Waals surface area contributed by atoms with Crippen molar-refractivity contribution in [3.63, 3.8) is 0 Å². The Bertz CT molecular complexity index is 331. The van der Waals surface area contributed by atoms with Crippen molar-refractivity contribution in [1.82, 2.24) is 15.2 Å². The minimum Gasteiger partial charge on any atom is -0.308 e. The smallest absolute Gasteiger partial charge is 0.107 e. The van der Waals surface area contributed by atoms with Crippen molar-refractivity contribution in [3.8, 4) is 0 Å². The summed E-state index contributed by atoms with van der Waals surface area (Å²) in [5, 5.41) is 6.90. The summed E-state index contributed by atoms with van der Waals surface area (Å²) in [6.07, 6.45) is 2.68. The summed E-state index contributed by atoms with van der Waals surface area (Å²) in [5.41, 5.74) is 1.20. The van der Waals surface area contributed by atoms with Gasteiger partial charge >= 0.3 is 0 Å². The van der Waals surface area contributed by atoms with Gasteiger partial charge in [-0.15, -0.1) is 11.3 Å². The Hall–Kier alpha value is -0.450. The van der Waals surface area contributed by atoms with Crippen LogP contribution in [0.1, 0.15) is 37.4 Å². The fraction of sp³-hybridized carbons (Fsp3) is 0.750. The fourth-order valence-electron chi connectivity index (χ4n) is 1.46. The first kappa shape index (κ1) is 12.0. The molecule has 0 aromatic carbocycles. The van der Waals surface area contributed by atoms with Crippen LogP contribution in [0.3, 0.4) is 0 Å². The van der Waals surface area contributed by atoms with Gasteiger partial charge in [-0.3, -0.25) is 4.90 Å². The molecule has 0 radical (unpaired) electrons. The number of nitrogens with one attached hydrogen (secondary N) is 1. The van der Waals surface area contributed by atoms with Crippen molar-refractivity contribution in [1.29, 1.82) is 0 Å². The highest BCUT2D eigenvalue weighted by atomic mass is 32.1. The standard InChI is InChI=1S/C12H21N3S/c1-9(2)15(3)7-11-8-16-12(14-11)6-13-10-4-5-10/h8-10,13H,4-7H2,1-3H3. The van der Waals surface area contributed by atoms with Crippen molar-refractivity contribution in [3.05, 3.63) is 16.1 Å². The first-order valence-electron chi connectivity index (χ1n) is 6.02. The van der Waals surface area contributed by atoms with Crippen molar-refractivity contribution < 1.29 is 0 Å². The van der Waals surface area contributed by atoms with Gasteiger partial charge in [-0.25, -0.2) is 4.98 Å². The van der Waals surface area contributed by atoms with E-state index < -0.39 is 0 Å². The minimum absolute atomic E-state index is 0.578. The van der Waals surface area contributed by atoms with E-state index in [0.29, 0.717) is 6.04 Å². The third kappa shape index (κ3) is 3.54. The number of rotatable bonds is 6. The molecule has 2 rings (SSSR count). The van der Waals surface area contributed by atoms with Gasteiger partial charge < -0.3 is 5.32 Å². The van der Waals surface area contributed by atoms with Crippen LogP contribution in [0.5, 0.6) is 0 Å². The number of hydrogen-bond acceptors (Lipinski definition) is 4. The maximum absolute atomic E-state index is 4.65. The maximum Gasteiger partial charge on any atom is 0.107 e. The molecular formula is C12H21N3S. The zero-order valence-corrected chi connectivity index (χ0v) is 11.2. The molecule has 1 fully saturated rings. The second kappa shape index (κ2) is 5.25. The van der Waals surface area contributed by atoms with Crippen LogP contribution in [0, 0.1) is 0 Å². The van der Waals surface area contributed by atoms with Gasteiger partial charge in [0, 0.05) is 30.6 Å². The van der Waals surface area contributed by atoms with Crippen LogP contribution >= 0.6 is 11.3 Å². The van der Waals surface area contributed by atoms with E-state index in [1.165, 1.54) is 23.5 Å². The van der Waals surface area contributed by atoms with E-state index in [0.717, 1.165) is 19.1 Å². The van der Waals surface area contributed by atoms with E-state index >= 15 is 0 Å². The average Bonchev–Trinajstić information content (AvgIpc) is 2.97. The minimum atomic E-state index is 0.578. The molecule has 1 N–H and O–H groups in total. The Morgan fingerprint density at radius 2 is 2.31 bits per heavy atom. The molecule has 1 heterocycles. The summed E-state index contributed by atoms with van der Waals surface area (Å²) < 4.78 is 0. The molecular weight excluding hydrogens is 218 g/mol. The van der Waals surface area contributed by atoms with E-state index in [1.54, 1.807) is 11.3 Å². The van der Waals surface area contributed by atoms with E-state index in [-0.39, 0.29) is 0 Å². The van der Waals surface area contributed by atoms with Gasteiger partial charge in [-0.1, -0.05) is 0 Å². The molecule has 3 nitrogen and oxygen atoms in total. The van der Waals surface area contributed by atoms with Gasteiger partial charge in [0.25, 0.3) is 0 Å². The zero-order chi connectivity index (χ0) is 11.5. The van der Waals surface area contributed by atoms with Crippen LogP contribution in [0.4, 0.5) is 0 Å². The van der Waals surface area contributed by atoms with E-state index in [1.807, 2.05) is 0 Å². The molecule has 0 unspecified atom stereocenters. The van der Waals surface area contributed by atoms with Crippen LogP contribution in [0.25, 0.3) is 0 Å². The molecule has 0 aliphatic heterocycles. The third-order valence-corrected chi connectivity index (χ3v) is 3.91. The number of hydrogen-bond donors (Lipinski definition) is 1. The first-order chi connectivity index (χ1) is 7.65. The molecule has 1 saturated carbocycles. The lowest BCUT2D eigenvalue weighted by Crippen LogP contribution is -2.25. The molecule has 1 aliphatic rings. The second-order valence-corrected chi connectivity index (χ2v) is 5.84. The van der Waals surface area contributed by atoms with Crippen LogP contribution in [0.2, 0.25) is 0 Å². The molecule has 90 valence electrons. The summed E-state index contributed by atoms with van der Waals surface area (Å²) >= 11 is 1.77. The largest absolute Gasteiger partial charge is 0.308 e. The highest BCUT2D eigenvalue weighted by molar-refractivity contribution is 7.09. The van der Waals surface area contributed by atoms with Crippen LogP contribution in [-0.4, -0.2) is 29.0 Å². The maximum atomic E-state index is 4.65. The highest BCUT2D eigenvalue weighted by Crippen LogP contribution is 2.20. The predicted molar refractivity (Wildman–Crippen MR) is 68.6 cm³/mol. The molecule has 1 aromatic rings. The lowest BCUT2D eigenvalue weighted by atomic mass is 10.3. The Balaban J connectivity index is 1.81. The lowest BCUT2D eigenvalue weighted by molar-refractivity contribution is 0.263. The van der Waals surface area contributed by atoms with Gasteiger partial charge in [0.2, 0.25) is 0 Å². The topological polar surface area (TPSA) is 28.2 Å². The average molecular weight is 239 g/mol. The van der Waals surface area contributed by atoms with Crippen molar-refractivity contribution in [2.75, 3.05) is 7.05 Å². The van der Waals surface area contributed by atoms with Crippen LogP contribution < -0.4 is 5.32 Å². The molecule has 0 amide bonds. The SMILES string of the molecule is CC(C)N(C)Cc1csc(CNC2CC2)n1. The molecule has 1 aromatic heterocycles. The summed E-state index contributed by atoms with van der Waals surface area (Å²) in [5.74, 6) is 0. The molecule has 1 aliphatic carbocycles. The lowest BCUT2D eigenvalue weighted by Gasteiger charge is -2.19. The third-order valence-electron chi connectivity index (χ3n) is 3.01. The van der Waals surface area contributed by atoms with E-state index in [9.17, 15) is 0 Å². The van der Waals surface area contributed by atoms with E-state index in [2.05, 4.69) is 41.5 Å². The van der Waals surface area contributed by atoms with Gasteiger partial charge in [0.05, 0.1) is 5.69 Å². The second-order valence-electron chi connectivity index (χ2n) is 4.90. The fourth-order valence-corrected chi connectivity index (χ4v) is 2.20. The molecule has 4 heteroatoms. The van der Waals surface area contributed by atoms with Crippen molar-refractivity contribution >= 4 is 11.3 Å². The molecule has 0 bridgehead atoms. The van der Waals surface area contributed by atoms with Crippen molar-refractivity contribution in [2.45, 2.75) is 51.9 Å².